The summed E-state index contributed by atoms with van der Waals surface area (Å²) in [5, 5.41) is 3.91. The van der Waals surface area contributed by atoms with Crippen molar-refractivity contribution in [2.75, 3.05) is 0 Å². The number of rotatable bonds is 4. The summed E-state index contributed by atoms with van der Waals surface area (Å²) < 4.78 is 90.5. The van der Waals surface area contributed by atoms with Gasteiger partial charge in [-0.15, -0.1) is 29.7 Å². The average Bonchev–Trinajstić information content (AvgIpc) is 4.05. The van der Waals surface area contributed by atoms with Crippen molar-refractivity contribution in [2.24, 2.45) is 0 Å². The third kappa shape index (κ3) is 5.39. The topological polar surface area (TPSA) is 49.0 Å². The Kier molecular flexibility index (Phi) is 6.33. The minimum Gasteiger partial charge on any atom is -0.510 e. The molecule has 0 aliphatic carbocycles. The molecule has 8 aromatic carbocycles. The summed E-state index contributed by atoms with van der Waals surface area (Å²) in [6.45, 7) is 0. The number of pyridine rings is 1. The Morgan fingerprint density at radius 3 is 2.10 bits per heavy atom. The maximum absolute atomic E-state index is 9.34. The fourth-order valence-electron chi connectivity index (χ4n) is 8.64. The minimum atomic E-state index is -0.520. The summed E-state index contributed by atoms with van der Waals surface area (Å²) in [6, 6.07) is 43.3. The van der Waals surface area contributed by atoms with Gasteiger partial charge in [-0.1, -0.05) is 127 Å². The fraction of sp³-hybridized carbons (Fsp3) is 0. The number of ether oxygens (including phenoxy) is 1. The van der Waals surface area contributed by atoms with Gasteiger partial charge in [0, 0.05) is 61.1 Å². The average molecular weight is 970 g/mol. The Balaban J connectivity index is 0.00000492. The van der Waals surface area contributed by atoms with Gasteiger partial charge in [0.25, 0.3) is 6.33 Å². The molecule has 0 saturated carbocycles. The predicted octanol–water partition coefficient (Wildman–Crippen LogP) is 12.8. The van der Waals surface area contributed by atoms with Gasteiger partial charge in [0.1, 0.15) is 17.0 Å². The van der Waals surface area contributed by atoms with Gasteiger partial charge in [0.15, 0.2) is 0 Å². The number of hydrogen-bond acceptors (Lipinski definition) is 3. The van der Waals surface area contributed by atoms with Crippen LogP contribution in [-0.2, 0) is 21.1 Å². The molecule has 0 radical (unpaired) electrons. The Morgan fingerprint density at radius 1 is 0.574 bits per heavy atom. The second-order valence-corrected chi connectivity index (χ2v) is 14.5. The van der Waals surface area contributed by atoms with Crippen LogP contribution in [0, 0.1) is 18.5 Å². The van der Waals surface area contributed by atoms with E-state index >= 15 is 0 Å². The maximum Gasteiger partial charge on any atom is 0.268 e. The van der Waals surface area contributed by atoms with Gasteiger partial charge in [-0.25, -0.2) is 4.98 Å². The number of benzene rings is 8. The van der Waals surface area contributed by atoms with Gasteiger partial charge in [-0.05, 0) is 62.7 Å². The van der Waals surface area contributed by atoms with E-state index < -0.39 is 36.3 Å². The van der Waals surface area contributed by atoms with E-state index in [1.807, 2.05) is 97.2 Å². The molecule has 1 aliphatic heterocycles. The number of hydrogen-bond donors (Lipinski definition) is 0. The van der Waals surface area contributed by atoms with Crippen molar-refractivity contribution in [2.45, 2.75) is 0 Å². The summed E-state index contributed by atoms with van der Waals surface area (Å²) in [7, 11) is 0. The normalized spacial score (nSPS) is 13.6. The molecule has 61 heavy (non-hydrogen) atoms. The fourth-order valence-corrected chi connectivity index (χ4v) is 8.64. The molecule has 0 spiro atoms. The van der Waals surface area contributed by atoms with Crippen molar-refractivity contribution in [3.8, 4) is 62.1 Å². The molecular formula is C54H30N4O2Pt-2. The largest absolute Gasteiger partial charge is 0.510 e. The molecule has 0 unspecified atom stereocenters. The quantitative estimate of drug-likeness (QED) is 0.130. The van der Waals surface area contributed by atoms with Crippen LogP contribution in [0.3, 0.4) is 0 Å². The first-order valence-corrected chi connectivity index (χ1v) is 19.3. The zero-order valence-corrected chi connectivity index (χ0v) is 33.9. The van der Waals surface area contributed by atoms with Crippen LogP contribution in [0.25, 0.3) is 105 Å². The first kappa shape index (κ1) is 28.0. The van der Waals surface area contributed by atoms with Gasteiger partial charge >= 0.3 is 0 Å². The van der Waals surface area contributed by atoms with Crippen molar-refractivity contribution in [1.82, 2.24) is 14.1 Å². The molecule has 6 nitrogen and oxygen atoms in total. The summed E-state index contributed by atoms with van der Waals surface area (Å²) in [6.07, 6.45) is 5.34. The molecule has 7 heteroatoms. The Bertz CT molecular complexity index is 4200. The van der Waals surface area contributed by atoms with E-state index in [1.54, 1.807) is 39.5 Å². The molecule has 0 bridgehead atoms. The van der Waals surface area contributed by atoms with Gasteiger partial charge < -0.3 is 18.3 Å². The zero-order valence-electron chi connectivity index (χ0n) is 39.6. The van der Waals surface area contributed by atoms with Crippen LogP contribution in [-0.4, -0.2) is 14.1 Å². The number of fused-ring (bicyclic) bond motifs is 13. The first-order valence-electron chi connectivity index (χ1n) is 23.3. The third-order valence-electron chi connectivity index (χ3n) is 11.2. The second-order valence-electron chi connectivity index (χ2n) is 14.5. The van der Waals surface area contributed by atoms with Gasteiger partial charge in [0.05, 0.1) is 27.7 Å². The van der Waals surface area contributed by atoms with E-state index in [4.69, 9.17) is 19.6 Å². The Labute approximate surface area is 375 Å². The second kappa shape index (κ2) is 13.8. The van der Waals surface area contributed by atoms with E-state index in [1.165, 1.54) is 0 Å². The summed E-state index contributed by atoms with van der Waals surface area (Å²) >= 11 is 0. The number of aromatic nitrogens is 4. The predicted molar refractivity (Wildman–Crippen MR) is 237 cm³/mol. The number of furan rings is 1. The van der Waals surface area contributed by atoms with E-state index in [2.05, 4.69) is 29.1 Å². The van der Waals surface area contributed by atoms with Crippen molar-refractivity contribution < 1.29 is 45.8 Å². The van der Waals surface area contributed by atoms with Crippen LogP contribution in [0.15, 0.2) is 186 Å². The molecule has 4 aromatic heterocycles. The maximum atomic E-state index is 9.34. The summed E-state index contributed by atoms with van der Waals surface area (Å²) in [4.78, 5) is 4.92. The van der Waals surface area contributed by atoms with Crippen LogP contribution >= 0.6 is 0 Å². The van der Waals surface area contributed by atoms with E-state index in [0.29, 0.717) is 50.9 Å². The van der Waals surface area contributed by atoms with E-state index in [0.717, 1.165) is 43.7 Å². The molecule has 0 fully saturated rings. The molecule has 290 valence electrons. The van der Waals surface area contributed by atoms with Crippen LogP contribution in [0.5, 0.6) is 11.5 Å². The summed E-state index contributed by atoms with van der Waals surface area (Å²) in [5.41, 5.74) is 6.36. The number of nitrogens with zero attached hydrogens (tertiary/aromatic N) is 4. The van der Waals surface area contributed by atoms with Crippen molar-refractivity contribution in [3.05, 3.63) is 200 Å². The summed E-state index contributed by atoms with van der Waals surface area (Å²) in [5.74, 6) is 1.48. The van der Waals surface area contributed by atoms with Gasteiger partial charge in [-0.3, -0.25) is 4.57 Å². The number of imidazole rings is 1. The molecule has 0 atom stereocenters. The monoisotopic (exact) mass is 969 g/mol. The minimum absolute atomic E-state index is 0. The molecule has 0 amide bonds. The molecule has 0 saturated heterocycles. The first-order chi connectivity index (χ1) is 33.1. The van der Waals surface area contributed by atoms with Crippen LogP contribution in [0.2, 0.25) is 0 Å². The number of para-hydroxylation sites is 4. The molecule has 0 N–H and O–H groups in total. The van der Waals surface area contributed by atoms with E-state index in [-0.39, 0.29) is 55.4 Å². The van der Waals surface area contributed by atoms with Crippen molar-refractivity contribution in [3.63, 3.8) is 0 Å². The zero-order chi connectivity index (χ0) is 46.3. The van der Waals surface area contributed by atoms with Crippen LogP contribution in [0.1, 0.15) is 11.0 Å². The molecular weight excluding hydrogens is 932 g/mol. The van der Waals surface area contributed by atoms with E-state index in [9.17, 15) is 5.48 Å². The van der Waals surface area contributed by atoms with Gasteiger partial charge in [-0.2, -0.15) is 18.2 Å². The van der Waals surface area contributed by atoms with Crippen molar-refractivity contribution >= 4 is 54.8 Å². The smallest absolute Gasteiger partial charge is 0.268 e. The SMILES string of the molecule is [2H]c1c([2H])c([2H])c2c(c1[2H])-c1ccccc1-[n+]1[c-]n(-c3[c-]c(Oc4[c-]c5c(cc4)c4ccccc4n5-c4cc5oc6ccccc6c5cn4)ccc3)c3cccc(c31)-c1c([2H])c([2H])c([2H])c([2H])c1-2.[Pt]. The molecule has 1 aliphatic rings. The van der Waals surface area contributed by atoms with Crippen LogP contribution in [0.4, 0.5) is 0 Å². The van der Waals surface area contributed by atoms with Crippen LogP contribution < -0.4 is 9.30 Å². The molecule has 5 heterocycles. The molecule has 12 aromatic rings. The van der Waals surface area contributed by atoms with Crippen molar-refractivity contribution in [1.29, 1.82) is 0 Å². The Hall–Kier alpha value is -7.53. The van der Waals surface area contributed by atoms with Gasteiger partial charge in [0.2, 0.25) is 0 Å². The standard InChI is InChI=1S/C54H30N4O2.Pt/c1-3-17-39-37(15-1)38-16-2-4-18-40(38)45-22-12-25-49-54(45)57(47-23-8-5-19-41(39)47)33-56(49)34-13-11-14-35(29-34)59-36-27-28-43-42-20-6-9-24-48(42)58(50(43)30-36)53-31-52-46(32-55-53)44-21-7-10-26-51(44)60-52;/h1-28,31-32H;/q-2;/i1D,2D,3D,4D,15D,16D,17D,18D;. The molecule has 13 rings (SSSR count). The third-order valence-corrected chi connectivity index (χ3v) is 11.2. The Morgan fingerprint density at radius 2 is 1.25 bits per heavy atom.